The highest BCUT2D eigenvalue weighted by molar-refractivity contribution is 5.94. The molecule has 4 N–H and O–H groups in total. The summed E-state index contributed by atoms with van der Waals surface area (Å²) in [6.07, 6.45) is 0.738. The van der Waals surface area contributed by atoms with Crippen molar-refractivity contribution < 1.29 is 19.4 Å². The van der Waals surface area contributed by atoms with E-state index in [2.05, 4.69) is 10.3 Å². The van der Waals surface area contributed by atoms with Gasteiger partial charge in [0.1, 0.15) is 11.2 Å². The van der Waals surface area contributed by atoms with Crippen LogP contribution in [0, 0.1) is 0 Å². The van der Waals surface area contributed by atoms with E-state index in [9.17, 15) is 9.59 Å². The minimum absolute atomic E-state index is 0.0679. The number of nitrogens with one attached hydrogen (secondary N) is 1. The molecular weight excluding hydrogens is 250 g/mol. The number of hydrogen-bond acceptors (Lipinski definition) is 5. The molecule has 0 radical (unpaired) electrons. The van der Waals surface area contributed by atoms with Gasteiger partial charge in [0.2, 0.25) is 0 Å². The van der Waals surface area contributed by atoms with Crippen LogP contribution in [-0.4, -0.2) is 27.8 Å². The number of amides is 1. The number of hydrogen-bond donors (Lipinski definition) is 3. The third kappa shape index (κ3) is 4.46. The maximum Gasteiger partial charge on any atom is 0.407 e. The third-order valence-electron chi connectivity index (χ3n) is 2.07. The molecule has 0 aliphatic heterocycles. The number of pyridine rings is 1. The Morgan fingerprint density at radius 1 is 1.47 bits per heavy atom. The molecule has 0 saturated heterocycles. The summed E-state index contributed by atoms with van der Waals surface area (Å²) >= 11 is 0. The lowest BCUT2D eigenvalue weighted by Crippen LogP contribution is -2.32. The van der Waals surface area contributed by atoms with Crippen LogP contribution in [0.1, 0.15) is 36.8 Å². The average molecular weight is 267 g/mol. The van der Waals surface area contributed by atoms with Gasteiger partial charge >= 0.3 is 12.1 Å². The molecule has 0 aliphatic carbocycles. The molecule has 0 aromatic carbocycles. The van der Waals surface area contributed by atoms with Crippen LogP contribution in [0.3, 0.4) is 0 Å². The average Bonchev–Trinajstić information content (AvgIpc) is 2.23. The summed E-state index contributed by atoms with van der Waals surface area (Å²) in [6.45, 7) is 5.12. The molecule has 0 saturated carbocycles. The number of aromatic nitrogens is 1. The quantitative estimate of drug-likeness (QED) is 0.762. The lowest BCUT2D eigenvalue weighted by Gasteiger charge is -2.19. The van der Waals surface area contributed by atoms with Crippen LogP contribution < -0.4 is 11.1 Å². The fourth-order valence-electron chi connectivity index (χ4n) is 1.37. The molecule has 1 aromatic heterocycles. The maximum atomic E-state index is 11.5. The number of nitrogen functional groups attached to an aromatic ring is 1. The molecule has 0 fully saturated rings. The molecule has 0 atom stereocenters. The largest absolute Gasteiger partial charge is 0.478 e. The highest BCUT2D eigenvalue weighted by atomic mass is 16.6. The van der Waals surface area contributed by atoms with Crippen molar-refractivity contribution in [3.05, 3.63) is 23.5 Å². The van der Waals surface area contributed by atoms with E-state index < -0.39 is 17.7 Å². The molecule has 7 heteroatoms. The summed E-state index contributed by atoms with van der Waals surface area (Å²) in [7, 11) is 0. The van der Waals surface area contributed by atoms with Gasteiger partial charge in [-0.3, -0.25) is 4.98 Å². The topological polar surface area (TPSA) is 115 Å². The molecule has 0 spiro atoms. The smallest absolute Gasteiger partial charge is 0.407 e. The number of ether oxygens (including phenoxy) is 1. The summed E-state index contributed by atoms with van der Waals surface area (Å²) < 4.78 is 5.03. The van der Waals surface area contributed by atoms with E-state index in [1.807, 2.05) is 0 Å². The van der Waals surface area contributed by atoms with Crippen LogP contribution in [-0.2, 0) is 11.3 Å². The van der Waals surface area contributed by atoms with Crippen LogP contribution in [0.4, 0.5) is 10.5 Å². The van der Waals surface area contributed by atoms with E-state index in [1.165, 1.54) is 12.3 Å². The molecule has 19 heavy (non-hydrogen) atoms. The Labute approximate surface area is 110 Å². The lowest BCUT2D eigenvalue weighted by molar-refractivity contribution is 0.0520. The molecule has 1 aromatic rings. The number of carbonyl (C=O) groups is 2. The van der Waals surface area contributed by atoms with Gasteiger partial charge in [-0.1, -0.05) is 0 Å². The zero-order valence-corrected chi connectivity index (χ0v) is 11.1. The van der Waals surface area contributed by atoms with E-state index >= 15 is 0 Å². The molecule has 0 unspecified atom stereocenters. The minimum atomic E-state index is -1.19. The Morgan fingerprint density at radius 2 is 2.11 bits per heavy atom. The minimum Gasteiger partial charge on any atom is -0.478 e. The number of aromatic carboxylic acids is 1. The second-order valence-electron chi connectivity index (χ2n) is 4.88. The van der Waals surface area contributed by atoms with E-state index in [0.717, 1.165) is 0 Å². The first-order valence-corrected chi connectivity index (χ1v) is 5.64. The Hall–Kier alpha value is -2.31. The first kappa shape index (κ1) is 14.7. The van der Waals surface area contributed by atoms with Gasteiger partial charge in [0, 0.05) is 11.9 Å². The molecular formula is C12H17N3O4. The van der Waals surface area contributed by atoms with Gasteiger partial charge in [-0.2, -0.15) is 0 Å². The standard InChI is InChI=1S/C12H17N3O4/c1-12(2,3)19-11(18)15-6-8-9(10(16)17)7(13)4-5-14-8/h4-5H,6H2,1-3H3,(H2,13,14)(H,15,18)(H,16,17). The summed E-state index contributed by atoms with van der Waals surface area (Å²) in [6, 6.07) is 1.39. The Balaban J connectivity index is 2.76. The number of carboxylic acids is 1. The SMILES string of the molecule is CC(C)(C)OC(=O)NCc1nccc(N)c1C(=O)O. The van der Waals surface area contributed by atoms with Crippen LogP contribution in [0.5, 0.6) is 0 Å². The predicted octanol–water partition coefficient (Wildman–Crippen LogP) is 1.39. The van der Waals surface area contributed by atoms with E-state index in [0.29, 0.717) is 0 Å². The monoisotopic (exact) mass is 267 g/mol. The number of alkyl carbamates (subject to hydrolysis) is 1. The number of nitrogens with two attached hydrogens (primary N) is 1. The fourth-order valence-corrected chi connectivity index (χ4v) is 1.37. The Bertz CT molecular complexity index is 494. The highest BCUT2D eigenvalue weighted by Crippen LogP contribution is 2.14. The van der Waals surface area contributed by atoms with Gasteiger partial charge in [0.15, 0.2) is 0 Å². The number of carbonyl (C=O) groups excluding carboxylic acids is 1. The summed E-state index contributed by atoms with van der Waals surface area (Å²) in [4.78, 5) is 26.4. The first-order valence-electron chi connectivity index (χ1n) is 5.64. The van der Waals surface area contributed by atoms with Crippen molar-refractivity contribution in [2.75, 3.05) is 5.73 Å². The van der Waals surface area contributed by atoms with Crippen LogP contribution in [0.15, 0.2) is 12.3 Å². The number of carboxylic acid groups (broad SMARTS) is 1. The van der Waals surface area contributed by atoms with Crippen molar-refractivity contribution in [3.63, 3.8) is 0 Å². The van der Waals surface area contributed by atoms with Crippen LogP contribution in [0.25, 0.3) is 0 Å². The molecule has 7 nitrogen and oxygen atoms in total. The van der Waals surface area contributed by atoms with Crippen molar-refractivity contribution in [1.82, 2.24) is 10.3 Å². The second kappa shape index (κ2) is 5.55. The number of rotatable bonds is 3. The van der Waals surface area contributed by atoms with E-state index in [-0.39, 0.29) is 23.5 Å². The van der Waals surface area contributed by atoms with Gasteiger partial charge in [-0.25, -0.2) is 9.59 Å². The zero-order chi connectivity index (χ0) is 14.6. The molecule has 0 bridgehead atoms. The summed E-state index contributed by atoms with van der Waals surface area (Å²) in [5.74, 6) is -1.19. The zero-order valence-electron chi connectivity index (χ0n) is 11.1. The molecule has 1 rings (SSSR count). The van der Waals surface area contributed by atoms with E-state index in [1.54, 1.807) is 20.8 Å². The lowest BCUT2D eigenvalue weighted by atomic mass is 10.1. The van der Waals surface area contributed by atoms with Gasteiger partial charge in [-0.05, 0) is 26.8 Å². The van der Waals surface area contributed by atoms with Crippen molar-refractivity contribution in [3.8, 4) is 0 Å². The number of nitrogens with zero attached hydrogens (tertiary/aromatic N) is 1. The first-order chi connectivity index (χ1) is 8.70. The van der Waals surface area contributed by atoms with Crippen molar-refractivity contribution in [2.24, 2.45) is 0 Å². The van der Waals surface area contributed by atoms with Crippen LogP contribution in [0.2, 0.25) is 0 Å². The Morgan fingerprint density at radius 3 is 2.63 bits per heavy atom. The maximum absolute atomic E-state index is 11.5. The van der Waals surface area contributed by atoms with Gasteiger partial charge in [0.05, 0.1) is 12.2 Å². The highest BCUT2D eigenvalue weighted by Gasteiger charge is 2.18. The summed E-state index contributed by atoms with van der Waals surface area (Å²) in [5.41, 5.74) is 5.11. The van der Waals surface area contributed by atoms with Gasteiger partial charge in [0.25, 0.3) is 0 Å². The molecule has 104 valence electrons. The number of anilines is 1. The summed E-state index contributed by atoms with van der Waals surface area (Å²) in [5, 5.41) is 11.5. The van der Waals surface area contributed by atoms with Crippen molar-refractivity contribution >= 4 is 17.7 Å². The van der Waals surface area contributed by atoms with Gasteiger partial charge < -0.3 is 20.9 Å². The van der Waals surface area contributed by atoms with Gasteiger partial charge in [-0.15, -0.1) is 0 Å². The molecule has 1 heterocycles. The van der Waals surface area contributed by atoms with Crippen molar-refractivity contribution in [1.29, 1.82) is 0 Å². The fraction of sp³-hybridized carbons (Fsp3) is 0.417. The predicted molar refractivity (Wildman–Crippen MR) is 68.7 cm³/mol. The normalized spacial score (nSPS) is 10.9. The molecule has 1 amide bonds. The molecule has 0 aliphatic rings. The van der Waals surface area contributed by atoms with Crippen molar-refractivity contribution in [2.45, 2.75) is 32.9 Å². The Kier molecular flexibility index (Phi) is 4.31. The van der Waals surface area contributed by atoms with Crippen LogP contribution >= 0.6 is 0 Å². The second-order valence-corrected chi connectivity index (χ2v) is 4.88. The third-order valence-corrected chi connectivity index (χ3v) is 2.07. The van der Waals surface area contributed by atoms with E-state index in [4.69, 9.17) is 15.6 Å².